The van der Waals surface area contributed by atoms with Crippen LogP contribution in [-0.2, 0) is 46.3 Å². The summed E-state index contributed by atoms with van der Waals surface area (Å²) in [5, 5.41) is 11.4. The quantitative estimate of drug-likeness (QED) is 0.0258. The number of amides is 5. The fourth-order valence-electron chi connectivity index (χ4n) is 6.52. The van der Waals surface area contributed by atoms with Gasteiger partial charge in [0.15, 0.2) is 6.04 Å². The van der Waals surface area contributed by atoms with Gasteiger partial charge < -0.3 is 42.4 Å². The number of likely N-dealkylation sites (tertiary alicyclic amines) is 1. The average Bonchev–Trinajstić information content (AvgIpc) is 3.18. The van der Waals surface area contributed by atoms with E-state index in [0.29, 0.717) is 51.7 Å². The molecule has 2 aromatic carbocycles. The van der Waals surface area contributed by atoms with Crippen LogP contribution >= 0.6 is 0 Å². The van der Waals surface area contributed by atoms with Crippen molar-refractivity contribution in [2.24, 2.45) is 23.2 Å². The summed E-state index contributed by atoms with van der Waals surface area (Å²) < 4.78 is 4.91. The second-order valence-corrected chi connectivity index (χ2v) is 14.5. The molecule has 0 aromatic heterocycles. The van der Waals surface area contributed by atoms with Crippen LogP contribution in [0.1, 0.15) is 70.4 Å². The monoisotopic (exact) mass is 779 g/mol. The van der Waals surface area contributed by atoms with Crippen LogP contribution in [0.4, 0.5) is 0 Å². The summed E-state index contributed by atoms with van der Waals surface area (Å²) in [6.07, 6.45) is 3.09. The van der Waals surface area contributed by atoms with Gasteiger partial charge in [-0.25, -0.2) is 10.2 Å². The van der Waals surface area contributed by atoms with E-state index in [-0.39, 0.29) is 43.7 Å². The van der Waals surface area contributed by atoms with Gasteiger partial charge in [-0.2, -0.15) is 0 Å². The first-order valence-corrected chi connectivity index (χ1v) is 19.5. The number of carbonyl (C=O) groups excluding carboxylic acids is 6. The molecule has 5 amide bonds. The van der Waals surface area contributed by atoms with E-state index in [1.165, 1.54) is 0 Å². The number of nitrogens with zero attached hydrogens (tertiary/aromatic N) is 1. The number of nitrogens with two attached hydrogens (primary N) is 3. The number of nitrogens with one attached hydrogen (secondary N) is 5. The highest BCUT2D eigenvalue weighted by atomic mass is 16.5. The first-order chi connectivity index (χ1) is 26.9. The lowest BCUT2D eigenvalue weighted by Crippen LogP contribution is -2.59. The topological polar surface area (TPSA) is 253 Å². The molecule has 0 spiro atoms. The Morgan fingerprint density at radius 1 is 0.768 bits per heavy atom. The third-order valence-corrected chi connectivity index (χ3v) is 9.56. The van der Waals surface area contributed by atoms with Gasteiger partial charge >= 0.3 is 5.97 Å². The summed E-state index contributed by atoms with van der Waals surface area (Å²) in [7, 11) is 0. The van der Waals surface area contributed by atoms with Crippen molar-refractivity contribution in [3.05, 3.63) is 71.8 Å². The molecule has 0 saturated carbocycles. The van der Waals surface area contributed by atoms with Gasteiger partial charge in [-0.05, 0) is 75.5 Å². The van der Waals surface area contributed by atoms with Crippen LogP contribution in [0.25, 0.3) is 0 Å². The van der Waals surface area contributed by atoms with E-state index in [2.05, 4.69) is 26.7 Å². The molecule has 1 heterocycles. The first kappa shape index (κ1) is 45.5. The number of piperidine rings is 1. The Kier molecular flexibility index (Phi) is 19.4. The number of ether oxygens (including phenoxy) is 1. The average molecular weight is 780 g/mol. The number of rotatable bonds is 22. The largest absolute Gasteiger partial charge is 0.464 e. The molecule has 0 radical (unpaired) electrons. The molecular weight excluding hydrogens is 718 g/mol. The van der Waals surface area contributed by atoms with Crippen molar-refractivity contribution in [2.45, 2.75) is 108 Å². The zero-order valence-electron chi connectivity index (χ0n) is 32.8. The first-order valence-electron chi connectivity index (χ1n) is 19.5. The summed E-state index contributed by atoms with van der Waals surface area (Å²) in [5.74, 6) is 2.13. The maximum atomic E-state index is 14.0. The van der Waals surface area contributed by atoms with E-state index < -0.39 is 59.8 Å². The molecule has 1 fully saturated rings. The van der Waals surface area contributed by atoms with Gasteiger partial charge in [0, 0.05) is 25.6 Å². The highest BCUT2D eigenvalue weighted by Gasteiger charge is 2.35. The summed E-state index contributed by atoms with van der Waals surface area (Å²) in [6, 6.07) is 13.0. The van der Waals surface area contributed by atoms with Crippen molar-refractivity contribution in [2.75, 3.05) is 26.2 Å². The van der Waals surface area contributed by atoms with Crippen molar-refractivity contribution in [3.8, 4) is 0 Å². The van der Waals surface area contributed by atoms with E-state index in [0.717, 1.165) is 11.1 Å². The Morgan fingerprint density at radius 3 is 1.88 bits per heavy atom. The molecule has 2 aromatic rings. The molecule has 1 unspecified atom stereocenters. The van der Waals surface area contributed by atoms with E-state index in [9.17, 15) is 28.8 Å². The highest BCUT2D eigenvalue weighted by molar-refractivity contribution is 6.02. The molecule has 11 N–H and O–H groups in total. The number of carbonyl (C=O) groups is 6. The third kappa shape index (κ3) is 15.0. The summed E-state index contributed by atoms with van der Waals surface area (Å²) >= 11 is 0. The van der Waals surface area contributed by atoms with Crippen LogP contribution in [0.15, 0.2) is 60.7 Å². The molecule has 0 aliphatic carbocycles. The molecule has 1 saturated heterocycles. The minimum atomic E-state index is -1.36. The number of esters is 1. The Balaban J connectivity index is 1.72. The number of hydrogen-bond acceptors (Lipinski definition) is 11. The van der Waals surface area contributed by atoms with Crippen molar-refractivity contribution in [1.29, 1.82) is 0 Å². The number of unbranched alkanes of at least 4 members (excludes halogenated alkanes) is 1. The summed E-state index contributed by atoms with van der Waals surface area (Å²) in [5.41, 5.74) is 15.9. The van der Waals surface area contributed by atoms with Gasteiger partial charge in [0.05, 0.1) is 12.6 Å². The minimum Gasteiger partial charge on any atom is -0.464 e. The maximum absolute atomic E-state index is 14.0. The zero-order valence-corrected chi connectivity index (χ0v) is 32.8. The van der Waals surface area contributed by atoms with Gasteiger partial charge in [0.1, 0.15) is 18.1 Å². The van der Waals surface area contributed by atoms with Crippen molar-refractivity contribution >= 4 is 35.5 Å². The predicted octanol–water partition coefficient (Wildman–Crippen LogP) is -0.0692. The van der Waals surface area contributed by atoms with Crippen LogP contribution < -0.4 is 44.0 Å². The fraction of sp³-hybridized carbons (Fsp3) is 0.550. The summed E-state index contributed by atoms with van der Waals surface area (Å²) in [4.78, 5) is 81.7. The van der Waals surface area contributed by atoms with Crippen LogP contribution in [0.5, 0.6) is 0 Å². The van der Waals surface area contributed by atoms with Crippen LogP contribution in [-0.4, -0.2) is 103 Å². The molecule has 3 rings (SSSR count). The number of hydrogen-bond donors (Lipinski definition) is 8. The highest BCUT2D eigenvalue weighted by Crippen LogP contribution is 2.16. The van der Waals surface area contributed by atoms with Crippen molar-refractivity contribution in [3.63, 3.8) is 0 Å². The lowest BCUT2D eigenvalue weighted by Gasteiger charge is -2.35. The zero-order chi connectivity index (χ0) is 41.0. The minimum absolute atomic E-state index is 0.00830. The molecule has 16 heteroatoms. The standard InChI is InChI=1S/C40H61N9O7/c1-4-56-40(55)34(48-43)38(53)44-29-18-21-49(22-19-29)39(54)31(17-11-12-20-41)45-36(51)32(23-26(2)3)47-37(52)33(25-28-15-9-6-10-16-28)46-35(50)30(42)24-27-13-7-5-8-14-27/h5-10,13-16,26,29-34,48H,4,11-12,17-25,41-43H2,1-3H3,(H,44,53)(H,45,51)(H,46,50)(H,47,52)/t30-,31-,32-,33-,34?/m1/s1. The number of benzene rings is 2. The predicted molar refractivity (Wildman–Crippen MR) is 212 cm³/mol. The lowest BCUT2D eigenvalue weighted by molar-refractivity contribution is -0.149. The maximum Gasteiger partial charge on any atom is 0.334 e. The Hall–Kier alpha value is -4.90. The molecule has 0 bridgehead atoms. The van der Waals surface area contributed by atoms with Crippen molar-refractivity contribution in [1.82, 2.24) is 31.6 Å². The molecule has 56 heavy (non-hydrogen) atoms. The fourth-order valence-corrected chi connectivity index (χ4v) is 6.52. The normalized spacial score (nSPS) is 15.8. The second-order valence-electron chi connectivity index (χ2n) is 14.5. The second kappa shape index (κ2) is 23.9. The van der Waals surface area contributed by atoms with Crippen molar-refractivity contribution < 1.29 is 33.5 Å². The van der Waals surface area contributed by atoms with Crippen LogP contribution in [0.3, 0.4) is 0 Å². The Morgan fingerprint density at radius 2 is 1.32 bits per heavy atom. The Bertz CT molecular complexity index is 1560. The summed E-state index contributed by atoms with van der Waals surface area (Å²) in [6.45, 7) is 6.57. The van der Waals surface area contributed by atoms with Crippen LogP contribution in [0, 0.1) is 5.92 Å². The van der Waals surface area contributed by atoms with Gasteiger partial charge in [-0.15, -0.1) is 0 Å². The molecule has 5 atom stereocenters. The van der Waals surface area contributed by atoms with Crippen LogP contribution in [0.2, 0.25) is 0 Å². The van der Waals surface area contributed by atoms with Gasteiger partial charge in [0.25, 0.3) is 0 Å². The van der Waals surface area contributed by atoms with Gasteiger partial charge in [-0.3, -0.25) is 29.8 Å². The lowest BCUT2D eigenvalue weighted by atomic mass is 9.99. The number of hydrazine groups is 1. The van der Waals surface area contributed by atoms with Gasteiger partial charge in [-0.1, -0.05) is 74.5 Å². The molecule has 1 aliphatic rings. The third-order valence-electron chi connectivity index (χ3n) is 9.56. The van der Waals surface area contributed by atoms with Gasteiger partial charge in [0.2, 0.25) is 29.5 Å². The van der Waals surface area contributed by atoms with E-state index >= 15 is 0 Å². The SMILES string of the molecule is CCOC(=O)C(NN)C(=O)NC1CCN(C(=O)[C@@H](CCCCN)NC(=O)[C@@H](CC(C)C)NC(=O)[C@@H](Cc2ccccc2)NC(=O)[C@H](N)Cc2ccccc2)CC1. The van der Waals surface area contributed by atoms with E-state index in [4.69, 9.17) is 22.0 Å². The molecule has 1 aliphatic heterocycles. The molecular formula is C40H61N9O7. The van der Waals surface area contributed by atoms with E-state index in [1.54, 1.807) is 11.8 Å². The molecule has 16 nitrogen and oxygen atoms in total. The smallest absolute Gasteiger partial charge is 0.334 e. The molecule has 308 valence electrons. The van der Waals surface area contributed by atoms with E-state index in [1.807, 2.05) is 74.5 Å². The Labute approximate surface area is 329 Å².